The molecule has 174 valence electrons. The Bertz CT molecular complexity index is 1620. The first-order valence-electron chi connectivity index (χ1n) is 9.61. The first kappa shape index (κ1) is 23.3. The molecule has 0 aliphatic rings. The minimum Gasteiger partial charge on any atom is -0.505 e. The first-order valence-corrected chi connectivity index (χ1v) is 12.5. The maximum absolute atomic E-state index is 12.0. The van der Waals surface area contributed by atoms with Gasteiger partial charge in [0.05, 0.1) is 10.6 Å². The molecule has 0 aliphatic heterocycles. The second-order valence-electron chi connectivity index (χ2n) is 7.14. The average molecular weight is 500 g/mol. The summed E-state index contributed by atoms with van der Waals surface area (Å²) in [5.74, 6) is -0.528. The Morgan fingerprint density at radius 1 is 0.706 bits per heavy atom. The quantitative estimate of drug-likeness (QED) is 0.207. The number of hydrogen-bond acceptors (Lipinski definition) is 8. The van der Waals surface area contributed by atoms with Crippen molar-refractivity contribution >= 4 is 53.8 Å². The molecule has 0 amide bonds. The SMILES string of the molecule is O=S(=O)(O)c1ccc(N=Nc2c(S(=O)(=O)O)cc3ccc(Nc4ccccc4)cc3c2O)cc1. The van der Waals surface area contributed by atoms with E-state index in [-0.39, 0.29) is 16.0 Å². The number of azo groups is 1. The molecule has 0 unspecified atom stereocenters. The smallest absolute Gasteiger partial charge is 0.296 e. The summed E-state index contributed by atoms with van der Waals surface area (Å²) in [5, 5.41) is 22.2. The zero-order chi connectivity index (χ0) is 24.5. The Morgan fingerprint density at radius 3 is 2.00 bits per heavy atom. The summed E-state index contributed by atoms with van der Waals surface area (Å²) in [6.07, 6.45) is 0. The largest absolute Gasteiger partial charge is 0.505 e. The third-order valence-electron chi connectivity index (χ3n) is 4.79. The van der Waals surface area contributed by atoms with Crippen LogP contribution in [0.25, 0.3) is 10.8 Å². The molecule has 0 heterocycles. The van der Waals surface area contributed by atoms with Gasteiger partial charge in [0.15, 0.2) is 5.75 Å². The van der Waals surface area contributed by atoms with E-state index in [4.69, 9.17) is 4.55 Å². The second-order valence-corrected chi connectivity index (χ2v) is 9.95. The van der Waals surface area contributed by atoms with Crippen LogP contribution in [0.15, 0.2) is 98.9 Å². The van der Waals surface area contributed by atoms with E-state index < -0.39 is 36.6 Å². The minimum absolute atomic E-state index is 0.104. The van der Waals surface area contributed by atoms with Crippen molar-refractivity contribution < 1.29 is 31.0 Å². The van der Waals surface area contributed by atoms with Crippen LogP contribution in [-0.2, 0) is 20.2 Å². The summed E-state index contributed by atoms with van der Waals surface area (Å²) in [7, 11) is -9.18. The normalized spacial score (nSPS) is 12.3. The van der Waals surface area contributed by atoms with Gasteiger partial charge in [-0.3, -0.25) is 9.11 Å². The highest BCUT2D eigenvalue weighted by Gasteiger charge is 2.22. The lowest BCUT2D eigenvalue weighted by atomic mass is 10.1. The number of nitrogens with one attached hydrogen (secondary N) is 1. The lowest BCUT2D eigenvalue weighted by molar-refractivity contribution is 0.472. The predicted octanol–water partition coefficient (Wildman–Crippen LogP) is 5.20. The number of benzene rings is 4. The number of fused-ring (bicyclic) bond motifs is 1. The molecule has 4 aromatic rings. The van der Waals surface area contributed by atoms with E-state index >= 15 is 0 Å². The monoisotopic (exact) mass is 499 g/mol. The molecule has 0 bridgehead atoms. The molecule has 0 radical (unpaired) electrons. The van der Waals surface area contributed by atoms with Crippen molar-refractivity contribution in [2.75, 3.05) is 5.32 Å². The number of rotatable bonds is 6. The molecule has 0 saturated heterocycles. The molecule has 0 fully saturated rings. The van der Waals surface area contributed by atoms with Crippen LogP contribution in [-0.4, -0.2) is 31.0 Å². The Morgan fingerprint density at radius 2 is 1.38 bits per heavy atom. The van der Waals surface area contributed by atoms with E-state index in [1.165, 1.54) is 12.1 Å². The third-order valence-corrected chi connectivity index (χ3v) is 6.53. The van der Waals surface area contributed by atoms with Gasteiger partial charge in [-0.25, -0.2) is 0 Å². The molecule has 0 aromatic heterocycles. The summed E-state index contributed by atoms with van der Waals surface area (Å²) in [4.78, 5) is -1.02. The van der Waals surface area contributed by atoms with Gasteiger partial charge >= 0.3 is 0 Å². The molecule has 0 atom stereocenters. The van der Waals surface area contributed by atoms with Crippen LogP contribution in [0, 0.1) is 0 Å². The van der Waals surface area contributed by atoms with Crippen LogP contribution in [0.3, 0.4) is 0 Å². The van der Waals surface area contributed by atoms with Gasteiger partial charge in [0.1, 0.15) is 10.6 Å². The predicted molar refractivity (Wildman–Crippen MR) is 126 cm³/mol. The van der Waals surface area contributed by atoms with Crippen LogP contribution < -0.4 is 5.32 Å². The van der Waals surface area contributed by atoms with Crippen molar-refractivity contribution in [2.45, 2.75) is 9.79 Å². The van der Waals surface area contributed by atoms with E-state index in [2.05, 4.69) is 15.5 Å². The molecule has 10 nitrogen and oxygen atoms in total. The Labute approximate surface area is 194 Å². The van der Waals surface area contributed by atoms with Crippen LogP contribution in [0.5, 0.6) is 5.75 Å². The van der Waals surface area contributed by atoms with E-state index in [0.717, 1.165) is 23.9 Å². The number of hydrogen-bond donors (Lipinski definition) is 4. The van der Waals surface area contributed by atoms with E-state index in [1.54, 1.807) is 18.2 Å². The van der Waals surface area contributed by atoms with Gasteiger partial charge < -0.3 is 10.4 Å². The van der Waals surface area contributed by atoms with E-state index in [1.807, 2.05) is 30.3 Å². The van der Waals surface area contributed by atoms with Crippen molar-refractivity contribution in [1.29, 1.82) is 0 Å². The Hall–Kier alpha value is -3.84. The molecule has 0 spiro atoms. The Kier molecular flexibility index (Phi) is 6.06. The number of phenols is 1. The zero-order valence-corrected chi connectivity index (χ0v) is 18.8. The van der Waals surface area contributed by atoms with E-state index in [0.29, 0.717) is 11.1 Å². The number of para-hydroxylation sites is 1. The molecule has 12 heteroatoms. The molecule has 4 rings (SSSR count). The summed E-state index contributed by atoms with van der Waals surface area (Å²) in [6, 6.07) is 19.9. The lowest BCUT2D eigenvalue weighted by Gasteiger charge is -2.11. The minimum atomic E-state index is -4.78. The maximum Gasteiger partial charge on any atom is 0.296 e. The maximum atomic E-state index is 12.0. The van der Waals surface area contributed by atoms with Gasteiger partial charge in [-0.2, -0.15) is 21.9 Å². The van der Waals surface area contributed by atoms with Crippen molar-refractivity contribution in [3.05, 3.63) is 78.9 Å². The van der Waals surface area contributed by atoms with Gasteiger partial charge in [-0.15, -0.1) is 5.11 Å². The van der Waals surface area contributed by atoms with E-state index in [9.17, 15) is 26.5 Å². The van der Waals surface area contributed by atoms with Gasteiger partial charge in [0.25, 0.3) is 20.2 Å². The second kappa shape index (κ2) is 8.83. The Balaban J connectivity index is 1.80. The number of aromatic hydroxyl groups is 1. The number of nitrogens with zero attached hydrogens (tertiary/aromatic N) is 2. The molecular formula is C22H17N3O7S2. The first-order chi connectivity index (χ1) is 16.0. The van der Waals surface area contributed by atoms with Crippen molar-refractivity contribution in [3.63, 3.8) is 0 Å². The third kappa shape index (κ3) is 5.05. The number of phenolic OH excluding ortho intramolecular Hbond substituents is 1. The summed E-state index contributed by atoms with van der Waals surface area (Å²) >= 11 is 0. The standard InChI is InChI=1S/C22H17N3O7S2/c26-22-19-13-17(23-15-4-2-1-3-5-15)7-6-14(19)12-20(34(30,31)32)21(22)25-24-16-8-10-18(11-9-16)33(27,28)29/h1-13,23,26H,(H,27,28,29)(H,30,31,32). The summed E-state index contributed by atoms with van der Waals surface area (Å²) in [5.41, 5.74) is 1.01. The van der Waals surface area contributed by atoms with Crippen LogP contribution in [0.4, 0.5) is 22.7 Å². The lowest BCUT2D eigenvalue weighted by Crippen LogP contribution is -1.99. The molecule has 4 N–H and O–H groups in total. The molecular weight excluding hydrogens is 482 g/mol. The van der Waals surface area contributed by atoms with Crippen molar-refractivity contribution in [1.82, 2.24) is 0 Å². The van der Waals surface area contributed by atoms with Crippen LogP contribution in [0.1, 0.15) is 0 Å². The summed E-state index contributed by atoms with van der Waals surface area (Å²) in [6.45, 7) is 0. The fraction of sp³-hybridized carbons (Fsp3) is 0. The van der Waals surface area contributed by atoms with Crippen molar-refractivity contribution in [2.24, 2.45) is 10.2 Å². The van der Waals surface area contributed by atoms with Crippen molar-refractivity contribution in [3.8, 4) is 5.75 Å². The highest BCUT2D eigenvalue weighted by Crippen LogP contribution is 2.42. The van der Waals surface area contributed by atoms with Gasteiger partial charge in [0.2, 0.25) is 0 Å². The molecule has 0 saturated carbocycles. The highest BCUT2D eigenvalue weighted by atomic mass is 32.2. The fourth-order valence-corrected chi connectivity index (χ4v) is 4.33. The zero-order valence-electron chi connectivity index (χ0n) is 17.2. The molecule has 4 aromatic carbocycles. The van der Waals surface area contributed by atoms with Crippen LogP contribution in [0.2, 0.25) is 0 Å². The van der Waals surface area contributed by atoms with Crippen LogP contribution >= 0.6 is 0 Å². The van der Waals surface area contributed by atoms with Gasteiger partial charge in [-0.05, 0) is 60.0 Å². The number of anilines is 2. The molecule has 34 heavy (non-hydrogen) atoms. The molecule has 0 aliphatic carbocycles. The van der Waals surface area contributed by atoms with Gasteiger partial charge in [-0.1, -0.05) is 24.3 Å². The van der Waals surface area contributed by atoms with Gasteiger partial charge in [0, 0.05) is 16.8 Å². The average Bonchev–Trinajstić information content (AvgIpc) is 2.78. The highest BCUT2D eigenvalue weighted by molar-refractivity contribution is 7.86. The fourth-order valence-electron chi connectivity index (χ4n) is 3.19. The topological polar surface area (TPSA) is 166 Å². The summed E-state index contributed by atoms with van der Waals surface area (Å²) < 4.78 is 65.0.